The van der Waals surface area contributed by atoms with Gasteiger partial charge in [-0.1, -0.05) is 49.4 Å². The van der Waals surface area contributed by atoms with E-state index < -0.39 is 0 Å². The zero-order chi connectivity index (χ0) is 16.7. The molecule has 2 rings (SSSR count). The summed E-state index contributed by atoms with van der Waals surface area (Å²) in [5.41, 5.74) is 9.55. The average molecular weight is 438 g/mol. The van der Waals surface area contributed by atoms with Crippen molar-refractivity contribution in [2.45, 2.75) is 19.4 Å². The maximum Gasteiger partial charge on any atom is 0.193 e. The first-order valence-corrected chi connectivity index (χ1v) is 7.97. The van der Waals surface area contributed by atoms with E-state index in [0.29, 0.717) is 12.5 Å². The Morgan fingerprint density at radius 2 is 1.71 bits per heavy atom. The fourth-order valence-electron chi connectivity index (χ4n) is 2.44. The molecular weight excluding hydrogens is 411 g/mol. The second-order valence-corrected chi connectivity index (χ2v) is 5.79. The van der Waals surface area contributed by atoms with Gasteiger partial charge in [-0.3, -0.25) is 4.99 Å². The number of nitrogens with zero attached hydrogens (tertiary/aromatic N) is 2. The SMILES string of the molecule is CCc1ccc(C(CN=C(N)Nc2ccccc2)N(C)C)cc1.I. The van der Waals surface area contributed by atoms with E-state index in [1.807, 2.05) is 30.3 Å². The lowest BCUT2D eigenvalue weighted by Gasteiger charge is -2.23. The van der Waals surface area contributed by atoms with Crippen LogP contribution < -0.4 is 11.1 Å². The summed E-state index contributed by atoms with van der Waals surface area (Å²) in [4.78, 5) is 6.67. The van der Waals surface area contributed by atoms with Crippen molar-refractivity contribution in [1.29, 1.82) is 0 Å². The van der Waals surface area contributed by atoms with Gasteiger partial charge >= 0.3 is 0 Å². The van der Waals surface area contributed by atoms with Gasteiger partial charge in [0.25, 0.3) is 0 Å². The molecule has 3 N–H and O–H groups in total. The molecule has 4 nitrogen and oxygen atoms in total. The number of aliphatic imine (C=N–C) groups is 1. The van der Waals surface area contributed by atoms with Crippen molar-refractivity contribution in [1.82, 2.24) is 4.90 Å². The predicted octanol–water partition coefficient (Wildman–Crippen LogP) is 3.90. The van der Waals surface area contributed by atoms with Gasteiger partial charge in [0.1, 0.15) is 0 Å². The first-order valence-electron chi connectivity index (χ1n) is 7.97. The van der Waals surface area contributed by atoms with Crippen molar-refractivity contribution in [2.75, 3.05) is 26.0 Å². The molecule has 0 fully saturated rings. The van der Waals surface area contributed by atoms with E-state index in [1.165, 1.54) is 11.1 Å². The van der Waals surface area contributed by atoms with Crippen LogP contribution in [0, 0.1) is 0 Å². The highest BCUT2D eigenvalue weighted by atomic mass is 127. The van der Waals surface area contributed by atoms with E-state index in [-0.39, 0.29) is 30.0 Å². The minimum absolute atomic E-state index is 0. The minimum Gasteiger partial charge on any atom is -0.370 e. The van der Waals surface area contributed by atoms with Crippen LogP contribution in [0.15, 0.2) is 59.6 Å². The van der Waals surface area contributed by atoms with Gasteiger partial charge in [0.15, 0.2) is 5.96 Å². The molecule has 2 aromatic carbocycles. The van der Waals surface area contributed by atoms with E-state index in [4.69, 9.17) is 5.73 Å². The van der Waals surface area contributed by atoms with Crippen LogP contribution in [0.25, 0.3) is 0 Å². The number of nitrogens with one attached hydrogen (secondary N) is 1. The Morgan fingerprint density at radius 3 is 2.25 bits per heavy atom. The molecule has 0 aliphatic carbocycles. The third-order valence-corrected chi connectivity index (χ3v) is 3.88. The number of benzene rings is 2. The maximum atomic E-state index is 6.00. The zero-order valence-electron chi connectivity index (χ0n) is 14.6. The van der Waals surface area contributed by atoms with Crippen LogP contribution in [0.1, 0.15) is 24.1 Å². The number of rotatable bonds is 6. The Labute approximate surface area is 162 Å². The molecule has 0 aromatic heterocycles. The Hall–Kier alpha value is -1.60. The Bertz CT molecular complexity index is 624. The van der Waals surface area contributed by atoms with Crippen molar-refractivity contribution < 1.29 is 0 Å². The summed E-state index contributed by atoms with van der Waals surface area (Å²) in [6.07, 6.45) is 1.05. The molecule has 130 valence electrons. The van der Waals surface area contributed by atoms with Gasteiger partial charge in [0, 0.05) is 5.69 Å². The van der Waals surface area contributed by atoms with Crippen molar-refractivity contribution in [3.63, 3.8) is 0 Å². The number of aryl methyl sites for hydroxylation is 1. The number of nitrogens with two attached hydrogens (primary N) is 1. The molecule has 24 heavy (non-hydrogen) atoms. The Balaban J connectivity index is 0.00000288. The highest BCUT2D eigenvalue weighted by Crippen LogP contribution is 2.19. The number of anilines is 1. The number of para-hydroxylation sites is 1. The number of halogens is 1. The second-order valence-electron chi connectivity index (χ2n) is 5.79. The van der Waals surface area contributed by atoms with E-state index >= 15 is 0 Å². The van der Waals surface area contributed by atoms with Crippen LogP contribution >= 0.6 is 24.0 Å². The van der Waals surface area contributed by atoms with Gasteiger partial charge in [0.2, 0.25) is 0 Å². The van der Waals surface area contributed by atoms with E-state index in [0.717, 1.165) is 12.1 Å². The highest BCUT2D eigenvalue weighted by molar-refractivity contribution is 14.0. The van der Waals surface area contributed by atoms with Crippen molar-refractivity contribution >= 4 is 35.6 Å². The summed E-state index contributed by atoms with van der Waals surface area (Å²) in [6, 6.07) is 18.8. The van der Waals surface area contributed by atoms with Gasteiger partial charge in [-0.2, -0.15) is 0 Å². The Morgan fingerprint density at radius 1 is 1.08 bits per heavy atom. The molecule has 0 radical (unpaired) electrons. The van der Waals surface area contributed by atoms with Crippen LogP contribution in [0.4, 0.5) is 5.69 Å². The first kappa shape index (κ1) is 20.4. The zero-order valence-corrected chi connectivity index (χ0v) is 16.9. The number of guanidine groups is 1. The van der Waals surface area contributed by atoms with Gasteiger partial charge in [-0.05, 0) is 43.8 Å². The lowest BCUT2D eigenvalue weighted by molar-refractivity contribution is 0.306. The molecule has 0 heterocycles. The average Bonchev–Trinajstić information content (AvgIpc) is 2.56. The third kappa shape index (κ3) is 6.13. The third-order valence-electron chi connectivity index (χ3n) is 3.88. The molecule has 0 aliphatic heterocycles. The van der Waals surface area contributed by atoms with Crippen LogP contribution in [0.3, 0.4) is 0 Å². The molecule has 0 aliphatic rings. The molecule has 5 heteroatoms. The molecular formula is C19H27IN4. The second kappa shape index (κ2) is 10.3. The van der Waals surface area contributed by atoms with Gasteiger partial charge in [-0.15, -0.1) is 24.0 Å². The maximum absolute atomic E-state index is 6.00. The van der Waals surface area contributed by atoms with Crippen LogP contribution in [0.2, 0.25) is 0 Å². The fourth-order valence-corrected chi connectivity index (χ4v) is 2.44. The van der Waals surface area contributed by atoms with Crippen molar-refractivity contribution in [2.24, 2.45) is 10.7 Å². The summed E-state index contributed by atoms with van der Waals surface area (Å²) in [5, 5.41) is 3.12. The summed E-state index contributed by atoms with van der Waals surface area (Å²) < 4.78 is 0. The lowest BCUT2D eigenvalue weighted by Crippen LogP contribution is -2.27. The summed E-state index contributed by atoms with van der Waals surface area (Å²) in [5.74, 6) is 0.438. The van der Waals surface area contributed by atoms with Crippen molar-refractivity contribution in [3.8, 4) is 0 Å². The number of hydrogen-bond donors (Lipinski definition) is 2. The molecule has 1 unspecified atom stereocenters. The van der Waals surface area contributed by atoms with Crippen LogP contribution in [-0.4, -0.2) is 31.5 Å². The van der Waals surface area contributed by atoms with E-state index in [9.17, 15) is 0 Å². The van der Waals surface area contributed by atoms with Gasteiger partial charge < -0.3 is 16.0 Å². The molecule has 0 saturated carbocycles. The van der Waals surface area contributed by atoms with Crippen LogP contribution in [0.5, 0.6) is 0 Å². The van der Waals surface area contributed by atoms with Gasteiger partial charge in [-0.25, -0.2) is 0 Å². The molecule has 2 aromatic rings. The van der Waals surface area contributed by atoms with Crippen LogP contribution in [-0.2, 0) is 6.42 Å². The number of hydrogen-bond acceptors (Lipinski definition) is 2. The normalized spacial score (nSPS) is 12.6. The lowest BCUT2D eigenvalue weighted by atomic mass is 10.0. The summed E-state index contributed by atoms with van der Waals surface area (Å²) >= 11 is 0. The van der Waals surface area contributed by atoms with E-state index in [1.54, 1.807) is 0 Å². The number of likely N-dealkylation sites (N-methyl/N-ethyl adjacent to an activating group) is 1. The van der Waals surface area contributed by atoms with E-state index in [2.05, 4.69) is 60.5 Å². The molecule has 0 bridgehead atoms. The van der Waals surface area contributed by atoms with Crippen molar-refractivity contribution in [3.05, 3.63) is 65.7 Å². The molecule has 0 saturated heterocycles. The summed E-state index contributed by atoms with van der Waals surface area (Å²) in [6.45, 7) is 2.78. The fraction of sp³-hybridized carbons (Fsp3) is 0.316. The molecule has 1 atom stereocenters. The summed E-state index contributed by atoms with van der Waals surface area (Å²) in [7, 11) is 4.13. The standard InChI is InChI=1S/C19H26N4.HI/c1-4-15-10-12-16(13-11-15)18(23(2)3)14-21-19(20)22-17-8-6-5-7-9-17;/h5-13,18H,4,14H2,1-3H3,(H3,20,21,22);1H. The molecule has 0 spiro atoms. The topological polar surface area (TPSA) is 53.6 Å². The van der Waals surface area contributed by atoms with Gasteiger partial charge in [0.05, 0.1) is 12.6 Å². The monoisotopic (exact) mass is 438 g/mol. The Kier molecular flexibility index (Phi) is 8.78. The first-order chi connectivity index (χ1) is 11.1. The quantitative estimate of drug-likeness (QED) is 0.409. The largest absolute Gasteiger partial charge is 0.370 e. The molecule has 0 amide bonds. The minimum atomic E-state index is 0. The smallest absolute Gasteiger partial charge is 0.193 e. The predicted molar refractivity (Wildman–Crippen MR) is 114 cm³/mol. The highest BCUT2D eigenvalue weighted by Gasteiger charge is 2.13.